The summed E-state index contributed by atoms with van der Waals surface area (Å²) in [7, 11) is -2.11. The Morgan fingerprint density at radius 1 is 1.24 bits per heavy atom. The average Bonchev–Trinajstić information content (AvgIpc) is 2.42. The molecule has 0 saturated carbocycles. The number of benzene rings is 1. The first-order valence-electron chi connectivity index (χ1n) is 6.55. The number of sulfonamides is 1. The molecule has 0 saturated heterocycles. The maximum Gasteiger partial charge on any atom is 0.246 e. The van der Waals surface area contributed by atoms with Gasteiger partial charge in [0.25, 0.3) is 0 Å². The number of hydrogen-bond acceptors (Lipinski definition) is 4. The molecule has 2 N–H and O–H groups in total. The third-order valence-electron chi connectivity index (χ3n) is 3.38. The molecule has 112 valence electrons. The van der Waals surface area contributed by atoms with E-state index in [2.05, 4.69) is 4.98 Å². The van der Waals surface area contributed by atoms with E-state index in [0.717, 1.165) is 16.7 Å². The van der Waals surface area contributed by atoms with Crippen LogP contribution in [0.5, 0.6) is 0 Å². The number of aromatic nitrogens is 1. The molecule has 0 unspecified atom stereocenters. The van der Waals surface area contributed by atoms with Gasteiger partial charge in [0.2, 0.25) is 10.0 Å². The van der Waals surface area contributed by atoms with Gasteiger partial charge in [-0.1, -0.05) is 23.8 Å². The summed E-state index contributed by atoms with van der Waals surface area (Å²) in [6.07, 6.45) is 1.47. The predicted octanol–water partition coefficient (Wildman–Crippen LogP) is 2.10. The number of aryl methyl sites for hydroxylation is 2. The Bertz CT molecular complexity index is 757. The van der Waals surface area contributed by atoms with Crippen molar-refractivity contribution in [1.29, 1.82) is 0 Å². The fraction of sp³-hybridized carbons (Fsp3) is 0.267. The highest BCUT2D eigenvalue weighted by molar-refractivity contribution is 7.89. The van der Waals surface area contributed by atoms with Crippen molar-refractivity contribution in [2.45, 2.75) is 25.3 Å². The Balaban J connectivity index is 2.31. The zero-order valence-electron chi connectivity index (χ0n) is 12.4. The zero-order chi connectivity index (χ0) is 15.6. The highest BCUT2D eigenvalue weighted by Crippen LogP contribution is 2.21. The summed E-state index contributed by atoms with van der Waals surface area (Å²) in [5.74, 6) is 0.0185. The van der Waals surface area contributed by atoms with Gasteiger partial charge < -0.3 is 5.73 Å². The second-order valence-corrected chi connectivity index (χ2v) is 7.09. The Morgan fingerprint density at radius 2 is 1.95 bits per heavy atom. The molecule has 0 fully saturated rings. The molecule has 1 aromatic carbocycles. The van der Waals surface area contributed by atoms with Crippen molar-refractivity contribution in [2.24, 2.45) is 0 Å². The molecule has 1 heterocycles. The van der Waals surface area contributed by atoms with Gasteiger partial charge in [-0.15, -0.1) is 0 Å². The number of pyridine rings is 1. The number of anilines is 1. The normalized spacial score (nSPS) is 11.8. The molecule has 0 amide bonds. The van der Waals surface area contributed by atoms with Crippen LogP contribution in [0.25, 0.3) is 0 Å². The molecule has 0 atom stereocenters. The lowest BCUT2D eigenvalue weighted by atomic mass is 10.1. The topological polar surface area (TPSA) is 76.3 Å². The molecular formula is C15H19N3O2S. The largest absolute Gasteiger partial charge is 0.383 e. The molecule has 2 rings (SSSR count). The summed E-state index contributed by atoms with van der Waals surface area (Å²) in [5, 5.41) is 0. The van der Waals surface area contributed by atoms with Gasteiger partial charge in [0.05, 0.1) is 0 Å². The smallest absolute Gasteiger partial charge is 0.246 e. The highest BCUT2D eigenvalue weighted by Gasteiger charge is 2.24. The van der Waals surface area contributed by atoms with Gasteiger partial charge in [-0.2, -0.15) is 4.31 Å². The van der Waals surface area contributed by atoms with Crippen LogP contribution >= 0.6 is 0 Å². The maximum atomic E-state index is 12.5. The van der Waals surface area contributed by atoms with Crippen molar-refractivity contribution in [2.75, 3.05) is 12.8 Å². The highest BCUT2D eigenvalue weighted by atomic mass is 32.2. The van der Waals surface area contributed by atoms with E-state index in [1.807, 2.05) is 32.0 Å². The molecular weight excluding hydrogens is 286 g/mol. The summed E-state index contributed by atoms with van der Waals surface area (Å²) in [6, 6.07) is 8.99. The van der Waals surface area contributed by atoms with Gasteiger partial charge in [0.15, 0.2) is 0 Å². The third kappa shape index (κ3) is 3.22. The Morgan fingerprint density at radius 3 is 2.57 bits per heavy atom. The van der Waals surface area contributed by atoms with Gasteiger partial charge in [-0.05, 0) is 37.1 Å². The Labute approximate surface area is 125 Å². The van der Waals surface area contributed by atoms with Gasteiger partial charge in [0.1, 0.15) is 10.7 Å². The van der Waals surface area contributed by atoms with E-state index in [0.29, 0.717) is 6.54 Å². The summed E-state index contributed by atoms with van der Waals surface area (Å²) in [5.41, 5.74) is 8.85. The Hall–Kier alpha value is -1.92. The first-order chi connectivity index (χ1) is 9.82. The van der Waals surface area contributed by atoms with Crippen molar-refractivity contribution in [3.8, 4) is 0 Å². The second kappa shape index (κ2) is 5.83. The molecule has 0 bridgehead atoms. The van der Waals surface area contributed by atoms with Crippen LogP contribution in [0, 0.1) is 13.8 Å². The van der Waals surface area contributed by atoms with Crippen LogP contribution in [0.4, 0.5) is 5.82 Å². The summed E-state index contributed by atoms with van der Waals surface area (Å²) in [4.78, 5) is 3.88. The molecule has 0 radical (unpaired) electrons. The van der Waals surface area contributed by atoms with Crippen molar-refractivity contribution < 1.29 is 8.42 Å². The van der Waals surface area contributed by atoms with E-state index in [9.17, 15) is 8.42 Å². The number of nitrogens with two attached hydrogens (primary N) is 1. The molecule has 0 aliphatic carbocycles. The minimum Gasteiger partial charge on any atom is -0.383 e. The van der Waals surface area contributed by atoms with Gasteiger partial charge in [0, 0.05) is 19.8 Å². The van der Waals surface area contributed by atoms with E-state index < -0.39 is 10.0 Å². The average molecular weight is 305 g/mol. The number of nitrogens with zero attached hydrogens (tertiary/aromatic N) is 2. The van der Waals surface area contributed by atoms with E-state index in [1.165, 1.54) is 16.6 Å². The molecule has 21 heavy (non-hydrogen) atoms. The lowest BCUT2D eigenvalue weighted by Gasteiger charge is -2.19. The van der Waals surface area contributed by atoms with E-state index in [4.69, 9.17) is 5.73 Å². The van der Waals surface area contributed by atoms with Crippen LogP contribution in [0.2, 0.25) is 0 Å². The number of rotatable bonds is 4. The predicted molar refractivity (Wildman–Crippen MR) is 83.2 cm³/mol. The van der Waals surface area contributed by atoms with Crippen LogP contribution in [0.1, 0.15) is 16.7 Å². The fourth-order valence-electron chi connectivity index (χ4n) is 2.14. The van der Waals surface area contributed by atoms with Crippen LogP contribution in [-0.4, -0.2) is 24.8 Å². The minimum atomic E-state index is -3.65. The molecule has 0 spiro atoms. The van der Waals surface area contributed by atoms with Crippen LogP contribution in [-0.2, 0) is 16.6 Å². The molecule has 1 aromatic heterocycles. The monoisotopic (exact) mass is 305 g/mol. The number of nitrogen functional groups attached to an aromatic ring is 1. The maximum absolute atomic E-state index is 12.5. The second-order valence-electron chi connectivity index (χ2n) is 5.08. The van der Waals surface area contributed by atoms with Crippen molar-refractivity contribution >= 4 is 15.8 Å². The molecule has 0 aliphatic heterocycles. The van der Waals surface area contributed by atoms with Crippen LogP contribution in [0.3, 0.4) is 0 Å². The van der Waals surface area contributed by atoms with Gasteiger partial charge >= 0.3 is 0 Å². The van der Waals surface area contributed by atoms with Crippen molar-refractivity contribution in [3.05, 3.63) is 53.2 Å². The van der Waals surface area contributed by atoms with E-state index >= 15 is 0 Å². The standard InChI is InChI=1S/C15H19N3O2S/c1-11-6-7-13(12(2)9-11)10-18(3)21(19,20)14-5-4-8-17-15(14)16/h4-9H,10H2,1-3H3,(H2,16,17). The van der Waals surface area contributed by atoms with E-state index in [1.54, 1.807) is 13.1 Å². The Kier molecular flexibility index (Phi) is 4.29. The number of hydrogen-bond donors (Lipinski definition) is 1. The van der Waals surface area contributed by atoms with E-state index in [-0.39, 0.29) is 10.7 Å². The lowest BCUT2D eigenvalue weighted by molar-refractivity contribution is 0.466. The zero-order valence-corrected chi connectivity index (χ0v) is 13.2. The fourth-order valence-corrected chi connectivity index (χ4v) is 3.35. The minimum absolute atomic E-state index is 0.0185. The van der Waals surface area contributed by atoms with Crippen molar-refractivity contribution in [3.63, 3.8) is 0 Å². The van der Waals surface area contributed by atoms with Gasteiger partial charge in [-0.3, -0.25) is 0 Å². The van der Waals surface area contributed by atoms with Crippen molar-refractivity contribution in [1.82, 2.24) is 9.29 Å². The molecule has 0 aliphatic rings. The first-order valence-corrected chi connectivity index (χ1v) is 7.99. The molecule has 6 heteroatoms. The van der Waals surface area contributed by atoms with Crippen LogP contribution < -0.4 is 5.73 Å². The molecule has 2 aromatic rings. The third-order valence-corrected chi connectivity index (χ3v) is 5.23. The summed E-state index contributed by atoms with van der Waals surface area (Å²) in [6.45, 7) is 4.28. The first kappa shape index (κ1) is 15.5. The quantitative estimate of drug-likeness (QED) is 0.938. The summed E-state index contributed by atoms with van der Waals surface area (Å²) >= 11 is 0. The van der Waals surface area contributed by atoms with Crippen LogP contribution in [0.15, 0.2) is 41.4 Å². The summed E-state index contributed by atoms with van der Waals surface area (Å²) < 4.78 is 26.4. The lowest BCUT2D eigenvalue weighted by Crippen LogP contribution is -2.27. The SMILES string of the molecule is Cc1ccc(CN(C)S(=O)(=O)c2cccnc2N)c(C)c1. The molecule has 5 nitrogen and oxygen atoms in total. The van der Waals surface area contributed by atoms with Gasteiger partial charge in [-0.25, -0.2) is 13.4 Å².